The van der Waals surface area contributed by atoms with E-state index in [1.54, 1.807) is 6.07 Å². The van der Waals surface area contributed by atoms with Crippen molar-refractivity contribution in [3.63, 3.8) is 0 Å². The van der Waals surface area contributed by atoms with E-state index in [-0.39, 0.29) is 0 Å². The highest BCUT2D eigenvalue weighted by Gasteiger charge is 2.12. The molecule has 3 rings (SSSR count). The fourth-order valence-corrected chi connectivity index (χ4v) is 2.61. The average Bonchev–Trinajstić information content (AvgIpc) is 2.48. The zero-order chi connectivity index (χ0) is 13.2. The maximum absolute atomic E-state index is 9.95. The molecule has 1 atom stereocenters. The highest BCUT2D eigenvalue weighted by atomic mass is 16.3. The molecule has 0 fully saturated rings. The summed E-state index contributed by atoms with van der Waals surface area (Å²) < 4.78 is 0. The van der Waals surface area contributed by atoms with Crippen LogP contribution in [0.5, 0.6) is 5.75 Å². The molecule has 0 saturated carbocycles. The van der Waals surface area contributed by atoms with E-state index < -0.39 is 0 Å². The van der Waals surface area contributed by atoms with Crippen LogP contribution < -0.4 is 0 Å². The molecule has 0 unspecified atom stereocenters. The highest BCUT2D eigenvalue weighted by Crippen LogP contribution is 2.34. The second-order valence-electron chi connectivity index (χ2n) is 4.85. The molecule has 1 N–H and O–H groups in total. The molecule has 0 aliphatic heterocycles. The lowest BCUT2D eigenvalue weighted by Gasteiger charge is -2.15. The van der Waals surface area contributed by atoms with E-state index in [1.165, 1.54) is 11.1 Å². The number of fused-ring (bicyclic) bond motifs is 1. The van der Waals surface area contributed by atoms with Crippen molar-refractivity contribution in [2.24, 2.45) is 0 Å². The van der Waals surface area contributed by atoms with E-state index in [0.29, 0.717) is 11.7 Å². The molecule has 94 valence electrons. The van der Waals surface area contributed by atoms with Gasteiger partial charge in [-0.25, -0.2) is 0 Å². The minimum absolute atomic E-state index is 0.312. The van der Waals surface area contributed by atoms with Crippen molar-refractivity contribution in [2.45, 2.75) is 12.8 Å². The average molecular weight is 248 g/mol. The van der Waals surface area contributed by atoms with Crippen molar-refractivity contribution in [3.05, 3.63) is 77.9 Å². The van der Waals surface area contributed by atoms with Crippen LogP contribution in [0.2, 0.25) is 0 Å². The lowest BCUT2D eigenvalue weighted by Crippen LogP contribution is -1.96. The minimum Gasteiger partial charge on any atom is -0.507 e. The van der Waals surface area contributed by atoms with Crippen molar-refractivity contribution < 1.29 is 5.11 Å². The van der Waals surface area contributed by atoms with Gasteiger partial charge < -0.3 is 5.11 Å². The molecule has 0 aliphatic carbocycles. The molecule has 0 radical (unpaired) electrons. The van der Waals surface area contributed by atoms with E-state index in [4.69, 9.17) is 0 Å². The molecule has 3 aromatic carbocycles. The van der Waals surface area contributed by atoms with Crippen LogP contribution in [0, 0.1) is 0 Å². The molecular formula is C18H16O. The molecule has 0 amide bonds. The van der Waals surface area contributed by atoms with Crippen LogP contribution in [0.25, 0.3) is 10.8 Å². The first-order valence-electron chi connectivity index (χ1n) is 6.53. The monoisotopic (exact) mass is 248 g/mol. The van der Waals surface area contributed by atoms with Crippen LogP contribution in [0.1, 0.15) is 24.0 Å². The molecule has 0 saturated heterocycles. The SMILES string of the molecule is C[C@H](c1ccccc1)c1ccc(O)c2ccccc12. The highest BCUT2D eigenvalue weighted by molar-refractivity contribution is 5.91. The van der Waals surface area contributed by atoms with Gasteiger partial charge in [0.2, 0.25) is 0 Å². The van der Waals surface area contributed by atoms with Crippen molar-refractivity contribution in [1.82, 2.24) is 0 Å². The molecule has 0 heterocycles. The first-order chi connectivity index (χ1) is 9.27. The van der Waals surface area contributed by atoms with Gasteiger partial charge in [0.1, 0.15) is 5.75 Å². The van der Waals surface area contributed by atoms with Gasteiger partial charge in [-0.2, -0.15) is 0 Å². The van der Waals surface area contributed by atoms with Crippen molar-refractivity contribution in [3.8, 4) is 5.75 Å². The van der Waals surface area contributed by atoms with Crippen LogP contribution in [-0.4, -0.2) is 5.11 Å². The molecule has 19 heavy (non-hydrogen) atoms. The lowest BCUT2D eigenvalue weighted by molar-refractivity contribution is 0.481. The number of aromatic hydroxyl groups is 1. The number of hydrogen-bond donors (Lipinski definition) is 1. The Balaban J connectivity index is 2.18. The van der Waals surface area contributed by atoms with E-state index in [9.17, 15) is 5.11 Å². The summed E-state index contributed by atoms with van der Waals surface area (Å²) in [6.45, 7) is 2.20. The largest absolute Gasteiger partial charge is 0.507 e. The number of rotatable bonds is 2. The summed E-state index contributed by atoms with van der Waals surface area (Å²) in [5.41, 5.74) is 2.54. The summed E-state index contributed by atoms with van der Waals surface area (Å²) in [5, 5.41) is 12.0. The van der Waals surface area contributed by atoms with Gasteiger partial charge in [-0.1, -0.05) is 67.6 Å². The fourth-order valence-electron chi connectivity index (χ4n) is 2.61. The molecule has 0 spiro atoms. The van der Waals surface area contributed by atoms with Crippen LogP contribution >= 0.6 is 0 Å². The van der Waals surface area contributed by atoms with E-state index >= 15 is 0 Å². The summed E-state index contributed by atoms with van der Waals surface area (Å²) in [5.74, 6) is 0.659. The molecule has 0 aliphatic rings. The first kappa shape index (κ1) is 11.8. The second-order valence-corrected chi connectivity index (χ2v) is 4.85. The third-order valence-electron chi connectivity index (χ3n) is 3.70. The van der Waals surface area contributed by atoms with Gasteiger partial charge in [-0.3, -0.25) is 0 Å². The van der Waals surface area contributed by atoms with Crippen LogP contribution in [0.15, 0.2) is 66.7 Å². The Kier molecular flexibility index (Phi) is 2.96. The summed E-state index contributed by atoms with van der Waals surface area (Å²) in [6, 6.07) is 22.3. The van der Waals surface area contributed by atoms with Gasteiger partial charge in [0.15, 0.2) is 0 Å². The van der Waals surface area contributed by atoms with E-state index in [1.807, 2.05) is 30.3 Å². The van der Waals surface area contributed by atoms with Crippen molar-refractivity contribution in [1.29, 1.82) is 0 Å². The first-order valence-corrected chi connectivity index (χ1v) is 6.53. The number of phenolic OH excluding ortho intramolecular Hbond substituents is 1. The quantitative estimate of drug-likeness (QED) is 0.697. The van der Waals surface area contributed by atoms with Gasteiger partial charge in [-0.15, -0.1) is 0 Å². The van der Waals surface area contributed by atoms with Crippen LogP contribution in [0.3, 0.4) is 0 Å². The maximum Gasteiger partial charge on any atom is 0.123 e. The Labute approximate surface area is 113 Å². The van der Waals surface area contributed by atoms with Gasteiger partial charge in [0.05, 0.1) is 0 Å². The Morgan fingerprint density at radius 3 is 2.11 bits per heavy atom. The molecule has 1 nitrogen and oxygen atoms in total. The normalized spacial score (nSPS) is 12.5. The molecular weight excluding hydrogens is 232 g/mol. The number of benzene rings is 3. The Hall–Kier alpha value is -2.28. The van der Waals surface area contributed by atoms with E-state index in [2.05, 4.69) is 37.3 Å². The summed E-state index contributed by atoms with van der Waals surface area (Å²) in [4.78, 5) is 0. The topological polar surface area (TPSA) is 20.2 Å². The molecule has 0 aromatic heterocycles. The summed E-state index contributed by atoms with van der Waals surface area (Å²) in [6.07, 6.45) is 0. The van der Waals surface area contributed by atoms with Gasteiger partial charge in [0.25, 0.3) is 0 Å². The standard InChI is InChI=1S/C18H16O/c1-13(14-7-3-2-4-8-14)15-11-12-18(19)17-10-6-5-9-16(15)17/h2-13,19H,1H3/t13-/m1/s1. The smallest absolute Gasteiger partial charge is 0.123 e. The predicted molar refractivity (Wildman–Crippen MR) is 79.6 cm³/mol. The summed E-state index contributed by atoms with van der Waals surface area (Å²) in [7, 11) is 0. The van der Waals surface area contributed by atoms with Crippen LogP contribution in [-0.2, 0) is 0 Å². The van der Waals surface area contributed by atoms with Crippen molar-refractivity contribution >= 4 is 10.8 Å². The van der Waals surface area contributed by atoms with E-state index in [0.717, 1.165) is 10.8 Å². The van der Waals surface area contributed by atoms with Crippen molar-refractivity contribution in [2.75, 3.05) is 0 Å². The minimum atomic E-state index is 0.312. The number of hydrogen-bond acceptors (Lipinski definition) is 1. The van der Waals surface area contributed by atoms with Gasteiger partial charge in [0, 0.05) is 11.3 Å². The van der Waals surface area contributed by atoms with Crippen LogP contribution in [0.4, 0.5) is 0 Å². The molecule has 0 bridgehead atoms. The molecule has 3 aromatic rings. The third-order valence-corrected chi connectivity index (χ3v) is 3.70. The predicted octanol–water partition coefficient (Wildman–Crippen LogP) is 4.70. The fraction of sp³-hybridized carbons (Fsp3) is 0.111. The van der Waals surface area contributed by atoms with Gasteiger partial charge >= 0.3 is 0 Å². The Bertz CT molecular complexity index is 701. The zero-order valence-corrected chi connectivity index (χ0v) is 10.9. The molecule has 1 heteroatoms. The maximum atomic E-state index is 9.95. The summed E-state index contributed by atoms with van der Waals surface area (Å²) >= 11 is 0. The second kappa shape index (κ2) is 4.77. The number of phenols is 1. The Morgan fingerprint density at radius 2 is 1.37 bits per heavy atom. The third kappa shape index (κ3) is 2.08. The zero-order valence-electron chi connectivity index (χ0n) is 10.9. The Morgan fingerprint density at radius 1 is 0.737 bits per heavy atom. The lowest BCUT2D eigenvalue weighted by atomic mass is 9.89. The van der Waals surface area contributed by atoms with Gasteiger partial charge in [-0.05, 0) is 22.6 Å².